The normalized spacial score (nSPS) is 17.8. The number of hydrogen-bond donors (Lipinski definition) is 0. The molecule has 0 saturated heterocycles. The Hall–Kier alpha value is 0. The van der Waals surface area contributed by atoms with Gasteiger partial charge in [-0.05, 0) is 42.9 Å². The Bertz CT molecular complexity index is 248. The largest absolute Gasteiger partial charge is 0.0628 e. The van der Waals surface area contributed by atoms with Crippen molar-refractivity contribution >= 4 is 0 Å². The van der Waals surface area contributed by atoms with Crippen LogP contribution in [0.5, 0.6) is 0 Å². The third kappa shape index (κ3) is 10.8. The van der Waals surface area contributed by atoms with Gasteiger partial charge in [-0.2, -0.15) is 0 Å². The molecule has 0 N–H and O–H groups in total. The molecule has 0 unspecified atom stereocenters. The molecule has 0 heterocycles. The van der Waals surface area contributed by atoms with Crippen molar-refractivity contribution in [2.75, 3.05) is 0 Å². The van der Waals surface area contributed by atoms with E-state index in [-0.39, 0.29) is 0 Å². The van der Waals surface area contributed by atoms with Crippen LogP contribution in [0, 0.1) is 17.3 Å². The first-order valence-electron chi connectivity index (χ1n) is 11.5. The molecule has 0 aromatic carbocycles. The van der Waals surface area contributed by atoms with Crippen LogP contribution in [0.1, 0.15) is 137 Å². The van der Waals surface area contributed by atoms with Gasteiger partial charge in [-0.15, -0.1) is 0 Å². The number of hydrogen-bond acceptors (Lipinski definition) is 0. The molecule has 0 amide bonds. The quantitative estimate of drug-likeness (QED) is 0.278. The predicted molar refractivity (Wildman–Crippen MR) is 111 cm³/mol. The Balaban J connectivity index is 2.17. The maximum Gasteiger partial charge on any atom is -0.0297 e. The lowest BCUT2D eigenvalue weighted by Crippen LogP contribution is -2.24. The molecule has 0 aromatic heterocycles. The van der Waals surface area contributed by atoms with E-state index in [4.69, 9.17) is 0 Å². The molecule has 1 aliphatic carbocycles. The Morgan fingerprint density at radius 1 is 0.542 bits per heavy atom. The summed E-state index contributed by atoms with van der Waals surface area (Å²) in [5.74, 6) is 1.79. The summed E-state index contributed by atoms with van der Waals surface area (Å²) in [5, 5.41) is 0. The van der Waals surface area contributed by atoms with Crippen molar-refractivity contribution in [2.24, 2.45) is 17.3 Å². The minimum atomic E-state index is 0.758. The smallest absolute Gasteiger partial charge is 0.0297 e. The van der Waals surface area contributed by atoms with E-state index in [2.05, 4.69) is 27.7 Å². The van der Waals surface area contributed by atoms with Gasteiger partial charge in [0.15, 0.2) is 0 Å². The van der Waals surface area contributed by atoms with Gasteiger partial charge >= 0.3 is 0 Å². The second kappa shape index (κ2) is 13.2. The lowest BCUT2D eigenvalue weighted by molar-refractivity contribution is 0.146. The zero-order valence-electron chi connectivity index (χ0n) is 17.7. The summed E-state index contributed by atoms with van der Waals surface area (Å²) in [6.07, 6.45) is 25.4. The first kappa shape index (κ1) is 22.0. The van der Waals surface area contributed by atoms with Crippen LogP contribution in [-0.2, 0) is 0 Å². The Morgan fingerprint density at radius 2 is 0.958 bits per heavy atom. The third-order valence-electron chi connectivity index (χ3n) is 6.39. The molecular weight excluding hydrogens is 288 g/mol. The number of rotatable bonds is 14. The zero-order valence-corrected chi connectivity index (χ0v) is 17.7. The highest BCUT2D eigenvalue weighted by atomic mass is 14.4. The molecule has 144 valence electrons. The van der Waals surface area contributed by atoms with Gasteiger partial charge in [-0.25, -0.2) is 0 Å². The highest BCUT2D eigenvalue weighted by Gasteiger charge is 2.30. The summed E-state index contributed by atoms with van der Waals surface area (Å²) in [7, 11) is 0. The summed E-state index contributed by atoms with van der Waals surface area (Å²) in [6.45, 7) is 9.44. The van der Waals surface area contributed by atoms with Crippen molar-refractivity contribution in [3.63, 3.8) is 0 Å². The van der Waals surface area contributed by atoms with Crippen LogP contribution in [-0.4, -0.2) is 0 Å². The summed E-state index contributed by atoms with van der Waals surface area (Å²) in [6, 6.07) is 0. The van der Waals surface area contributed by atoms with Crippen molar-refractivity contribution in [3.05, 3.63) is 0 Å². The van der Waals surface area contributed by atoms with Crippen LogP contribution in [0.4, 0.5) is 0 Å². The van der Waals surface area contributed by atoms with E-state index in [0.29, 0.717) is 0 Å². The molecule has 1 aliphatic rings. The average Bonchev–Trinajstić information content (AvgIpc) is 2.54. The summed E-state index contributed by atoms with van der Waals surface area (Å²) < 4.78 is 0. The SMILES string of the molecule is CC(C)CCCCCCC1(CCCCCCC(C)C)CCCCC1. The molecular formula is C24H48. The van der Waals surface area contributed by atoms with E-state index < -0.39 is 0 Å². The van der Waals surface area contributed by atoms with E-state index in [9.17, 15) is 0 Å². The van der Waals surface area contributed by atoms with E-state index in [0.717, 1.165) is 17.3 Å². The molecule has 24 heavy (non-hydrogen) atoms. The predicted octanol–water partition coefficient (Wildman–Crippen LogP) is 8.93. The van der Waals surface area contributed by atoms with Crippen molar-refractivity contribution in [3.8, 4) is 0 Å². The summed E-state index contributed by atoms with van der Waals surface area (Å²) in [5.41, 5.74) is 0.758. The van der Waals surface area contributed by atoms with Crippen molar-refractivity contribution in [2.45, 2.75) is 137 Å². The summed E-state index contributed by atoms with van der Waals surface area (Å²) in [4.78, 5) is 0. The van der Waals surface area contributed by atoms with Gasteiger partial charge in [-0.1, -0.05) is 111 Å². The maximum atomic E-state index is 2.36. The lowest BCUT2D eigenvalue weighted by Gasteiger charge is -2.38. The van der Waals surface area contributed by atoms with Gasteiger partial charge in [-0.3, -0.25) is 0 Å². The molecule has 0 nitrogen and oxygen atoms in total. The molecule has 0 heteroatoms. The molecule has 1 saturated carbocycles. The molecule has 0 atom stereocenters. The molecule has 0 spiro atoms. The fraction of sp³-hybridized carbons (Fsp3) is 1.00. The first-order chi connectivity index (χ1) is 11.5. The molecule has 1 fully saturated rings. The van der Waals surface area contributed by atoms with E-state index in [1.165, 1.54) is 83.5 Å². The summed E-state index contributed by atoms with van der Waals surface area (Å²) >= 11 is 0. The molecule has 0 aliphatic heterocycles. The first-order valence-corrected chi connectivity index (χ1v) is 11.5. The topological polar surface area (TPSA) is 0 Å². The second-order valence-electron chi connectivity index (χ2n) is 9.75. The van der Waals surface area contributed by atoms with Gasteiger partial charge in [0.25, 0.3) is 0 Å². The Kier molecular flexibility index (Phi) is 12.2. The van der Waals surface area contributed by atoms with Crippen LogP contribution in [0.15, 0.2) is 0 Å². The highest BCUT2D eigenvalue weighted by Crippen LogP contribution is 2.44. The molecule has 1 rings (SSSR count). The lowest BCUT2D eigenvalue weighted by atomic mass is 9.68. The molecule has 0 bridgehead atoms. The zero-order chi connectivity index (χ0) is 17.7. The minimum absolute atomic E-state index is 0.758. The van der Waals surface area contributed by atoms with Crippen LogP contribution >= 0.6 is 0 Å². The van der Waals surface area contributed by atoms with E-state index in [1.54, 1.807) is 25.7 Å². The standard InChI is InChI=1S/C24H48/c1-22(2)16-10-5-7-12-18-24(20-14-9-15-21-24)19-13-8-6-11-17-23(3)4/h22-23H,5-21H2,1-4H3. The monoisotopic (exact) mass is 336 g/mol. The second-order valence-corrected chi connectivity index (χ2v) is 9.75. The van der Waals surface area contributed by atoms with Gasteiger partial charge in [0.2, 0.25) is 0 Å². The van der Waals surface area contributed by atoms with Crippen LogP contribution in [0.25, 0.3) is 0 Å². The fourth-order valence-electron chi connectivity index (χ4n) is 4.74. The van der Waals surface area contributed by atoms with Crippen LogP contribution < -0.4 is 0 Å². The highest BCUT2D eigenvalue weighted by molar-refractivity contribution is 4.83. The average molecular weight is 337 g/mol. The van der Waals surface area contributed by atoms with Crippen molar-refractivity contribution in [1.82, 2.24) is 0 Å². The number of unbranched alkanes of at least 4 members (excludes halogenated alkanes) is 6. The van der Waals surface area contributed by atoms with Gasteiger partial charge < -0.3 is 0 Å². The van der Waals surface area contributed by atoms with Crippen LogP contribution in [0.2, 0.25) is 0 Å². The van der Waals surface area contributed by atoms with Crippen molar-refractivity contribution in [1.29, 1.82) is 0 Å². The maximum absolute atomic E-state index is 2.36. The third-order valence-corrected chi connectivity index (χ3v) is 6.39. The van der Waals surface area contributed by atoms with Gasteiger partial charge in [0.05, 0.1) is 0 Å². The van der Waals surface area contributed by atoms with E-state index in [1.807, 2.05) is 0 Å². The van der Waals surface area contributed by atoms with Gasteiger partial charge in [0.1, 0.15) is 0 Å². The fourth-order valence-corrected chi connectivity index (χ4v) is 4.74. The Labute approximate surface area is 154 Å². The molecule has 0 radical (unpaired) electrons. The minimum Gasteiger partial charge on any atom is -0.0628 e. The van der Waals surface area contributed by atoms with Crippen molar-refractivity contribution < 1.29 is 0 Å². The van der Waals surface area contributed by atoms with Gasteiger partial charge in [0, 0.05) is 0 Å². The van der Waals surface area contributed by atoms with Crippen LogP contribution in [0.3, 0.4) is 0 Å². The van der Waals surface area contributed by atoms with E-state index >= 15 is 0 Å². The molecule has 0 aromatic rings. The Morgan fingerprint density at radius 3 is 1.38 bits per heavy atom.